The Kier molecular flexibility index (Phi) is 3.14. The average Bonchev–Trinajstić information content (AvgIpc) is 2.99. The number of anilines is 1. The van der Waals surface area contributed by atoms with Gasteiger partial charge >= 0.3 is 0 Å². The Balaban J connectivity index is 1.91. The Labute approximate surface area is 156 Å². The SMILES string of the molecule is Nc1nc2c3c(ccn3n1)C(c1ccc(O)c(Br)c1)=Nc1ccccc1-2. The highest BCUT2D eigenvalue weighted by Gasteiger charge is 2.23. The lowest BCUT2D eigenvalue weighted by atomic mass is 10.0. The van der Waals surface area contributed by atoms with E-state index in [9.17, 15) is 5.11 Å². The van der Waals surface area contributed by atoms with Gasteiger partial charge in [-0.05, 0) is 46.3 Å². The number of hydrogen-bond acceptors (Lipinski definition) is 5. The molecule has 3 N–H and O–H groups in total. The Morgan fingerprint density at radius 2 is 1.88 bits per heavy atom. The molecular weight excluding hydrogens is 394 g/mol. The van der Waals surface area contributed by atoms with Crippen LogP contribution in [-0.2, 0) is 0 Å². The zero-order valence-electron chi connectivity index (χ0n) is 13.4. The monoisotopic (exact) mass is 405 g/mol. The predicted molar refractivity (Wildman–Crippen MR) is 104 cm³/mol. The number of para-hydroxylation sites is 1. The van der Waals surface area contributed by atoms with Gasteiger partial charge < -0.3 is 10.8 Å². The molecule has 6 nitrogen and oxygen atoms in total. The first-order valence-electron chi connectivity index (χ1n) is 7.94. The molecule has 0 bridgehead atoms. The minimum atomic E-state index is 0.182. The Morgan fingerprint density at radius 1 is 1.04 bits per heavy atom. The van der Waals surface area contributed by atoms with Crippen molar-refractivity contribution in [3.63, 3.8) is 0 Å². The third-order valence-electron chi connectivity index (χ3n) is 4.40. The Hall–Kier alpha value is -3.19. The number of halogens is 1. The van der Waals surface area contributed by atoms with Crippen LogP contribution in [0.3, 0.4) is 0 Å². The van der Waals surface area contributed by atoms with Crippen molar-refractivity contribution in [2.75, 3.05) is 5.73 Å². The highest BCUT2D eigenvalue weighted by atomic mass is 79.9. The summed E-state index contributed by atoms with van der Waals surface area (Å²) in [7, 11) is 0. The summed E-state index contributed by atoms with van der Waals surface area (Å²) in [6.45, 7) is 0. The van der Waals surface area contributed by atoms with Crippen molar-refractivity contribution in [2.24, 2.45) is 4.99 Å². The van der Waals surface area contributed by atoms with Gasteiger partial charge in [0.05, 0.1) is 15.9 Å². The van der Waals surface area contributed by atoms with Crippen LogP contribution in [0.25, 0.3) is 16.8 Å². The van der Waals surface area contributed by atoms with Crippen molar-refractivity contribution >= 4 is 38.8 Å². The molecule has 7 heteroatoms. The van der Waals surface area contributed by atoms with E-state index in [0.29, 0.717) is 4.47 Å². The summed E-state index contributed by atoms with van der Waals surface area (Å²) in [5, 5.41) is 14.1. The van der Waals surface area contributed by atoms with Gasteiger partial charge in [0.2, 0.25) is 5.95 Å². The van der Waals surface area contributed by atoms with Crippen molar-refractivity contribution < 1.29 is 5.11 Å². The van der Waals surface area contributed by atoms with E-state index in [-0.39, 0.29) is 11.7 Å². The fraction of sp³-hybridized carbons (Fsp3) is 0. The largest absolute Gasteiger partial charge is 0.507 e. The molecule has 0 fully saturated rings. The molecule has 0 saturated heterocycles. The van der Waals surface area contributed by atoms with Gasteiger partial charge in [0.25, 0.3) is 0 Å². The van der Waals surface area contributed by atoms with Gasteiger partial charge in [-0.1, -0.05) is 18.2 Å². The predicted octanol–water partition coefficient (Wildman–Crippen LogP) is 3.93. The minimum absolute atomic E-state index is 0.182. The molecule has 26 heavy (non-hydrogen) atoms. The number of nitrogen functional groups attached to an aromatic ring is 1. The first-order chi connectivity index (χ1) is 12.6. The number of benzene rings is 2. The van der Waals surface area contributed by atoms with Crippen LogP contribution in [0.5, 0.6) is 5.75 Å². The Morgan fingerprint density at radius 3 is 2.73 bits per heavy atom. The number of rotatable bonds is 1. The molecule has 0 aliphatic carbocycles. The van der Waals surface area contributed by atoms with Crippen molar-refractivity contribution in [3.8, 4) is 17.0 Å². The standard InChI is InChI=1S/C19H12BrN5O/c20-13-9-10(5-6-15(13)26)16-12-7-8-25-18(12)17(23-19(21)24-25)11-3-1-2-4-14(11)22-16/h1-9,26H,(H2,21,24). The summed E-state index contributed by atoms with van der Waals surface area (Å²) in [6.07, 6.45) is 1.85. The smallest absolute Gasteiger partial charge is 0.238 e. The summed E-state index contributed by atoms with van der Waals surface area (Å²) in [4.78, 5) is 9.40. The number of aliphatic imine (C=N–C) groups is 1. The highest BCUT2D eigenvalue weighted by Crippen LogP contribution is 2.38. The molecule has 0 radical (unpaired) electrons. The summed E-state index contributed by atoms with van der Waals surface area (Å²) in [6, 6.07) is 15.1. The van der Waals surface area contributed by atoms with Crippen molar-refractivity contribution in [2.45, 2.75) is 0 Å². The van der Waals surface area contributed by atoms with E-state index in [1.54, 1.807) is 10.6 Å². The van der Waals surface area contributed by atoms with E-state index >= 15 is 0 Å². The van der Waals surface area contributed by atoms with E-state index in [1.165, 1.54) is 0 Å². The zero-order valence-corrected chi connectivity index (χ0v) is 15.0. The van der Waals surface area contributed by atoms with Crippen LogP contribution in [-0.4, -0.2) is 25.4 Å². The number of nitrogens with two attached hydrogens (primary N) is 1. The quantitative estimate of drug-likeness (QED) is 0.442. The average molecular weight is 406 g/mol. The van der Waals surface area contributed by atoms with E-state index in [0.717, 1.165) is 39.3 Å². The second-order valence-electron chi connectivity index (χ2n) is 5.98. The number of fused-ring (bicyclic) bond motifs is 2. The van der Waals surface area contributed by atoms with Crippen LogP contribution >= 0.6 is 15.9 Å². The van der Waals surface area contributed by atoms with Crippen molar-refractivity contribution in [1.82, 2.24) is 14.6 Å². The number of aromatic hydroxyl groups is 1. The van der Waals surface area contributed by atoms with Gasteiger partial charge in [-0.25, -0.2) is 14.5 Å². The second kappa shape index (κ2) is 5.40. The first kappa shape index (κ1) is 15.1. The lowest BCUT2D eigenvalue weighted by Crippen LogP contribution is -2.05. The van der Waals surface area contributed by atoms with Gasteiger partial charge in [0, 0.05) is 22.9 Å². The van der Waals surface area contributed by atoms with Gasteiger partial charge in [-0.2, -0.15) is 0 Å². The maximum atomic E-state index is 9.83. The van der Waals surface area contributed by atoms with E-state index in [2.05, 4.69) is 26.0 Å². The number of aromatic nitrogens is 3. The van der Waals surface area contributed by atoms with E-state index in [4.69, 9.17) is 10.7 Å². The summed E-state index contributed by atoms with van der Waals surface area (Å²) < 4.78 is 2.35. The molecule has 1 aliphatic heterocycles. The Bertz CT molecular complexity index is 1230. The molecule has 2 aromatic heterocycles. The van der Waals surface area contributed by atoms with Gasteiger partial charge in [0.1, 0.15) is 17.0 Å². The van der Waals surface area contributed by atoms with E-state index in [1.807, 2.05) is 48.7 Å². The van der Waals surface area contributed by atoms with Crippen LogP contribution in [0.15, 0.2) is 64.2 Å². The lowest BCUT2D eigenvalue weighted by molar-refractivity contribution is 0.472. The molecule has 4 aromatic rings. The highest BCUT2D eigenvalue weighted by molar-refractivity contribution is 9.10. The molecule has 0 unspecified atom stereocenters. The van der Waals surface area contributed by atoms with E-state index < -0.39 is 0 Å². The first-order valence-corrected chi connectivity index (χ1v) is 8.73. The molecule has 5 rings (SSSR count). The van der Waals surface area contributed by atoms with Gasteiger partial charge in [0.15, 0.2) is 0 Å². The summed E-state index contributed by atoms with van der Waals surface area (Å²) in [5.74, 6) is 0.391. The molecular formula is C19H12BrN5O. The minimum Gasteiger partial charge on any atom is -0.507 e. The molecule has 1 aliphatic rings. The molecule has 2 aromatic carbocycles. The van der Waals surface area contributed by atoms with Gasteiger partial charge in [-0.15, -0.1) is 5.10 Å². The van der Waals surface area contributed by atoms with Crippen molar-refractivity contribution in [3.05, 3.63) is 70.3 Å². The fourth-order valence-corrected chi connectivity index (χ4v) is 3.63. The molecule has 126 valence electrons. The van der Waals surface area contributed by atoms with Crippen LogP contribution in [0.4, 0.5) is 11.6 Å². The van der Waals surface area contributed by atoms with Crippen LogP contribution in [0.1, 0.15) is 11.1 Å². The topological polar surface area (TPSA) is 88.8 Å². The molecule has 0 spiro atoms. The summed E-state index contributed by atoms with van der Waals surface area (Å²) >= 11 is 3.38. The normalized spacial score (nSPS) is 12.6. The second-order valence-corrected chi connectivity index (χ2v) is 6.84. The molecule has 0 amide bonds. The third kappa shape index (κ3) is 2.14. The molecule has 0 atom stereocenters. The molecule has 0 saturated carbocycles. The van der Waals surface area contributed by atoms with Crippen LogP contribution in [0, 0.1) is 0 Å². The third-order valence-corrected chi connectivity index (χ3v) is 5.03. The van der Waals surface area contributed by atoms with Gasteiger partial charge in [-0.3, -0.25) is 0 Å². The van der Waals surface area contributed by atoms with Crippen molar-refractivity contribution in [1.29, 1.82) is 0 Å². The maximum Gasteiger partial charge on any atom is 0.238 e. The van der Waals surface area contributed by atoms with Crippen LogP contribution < -0.4 is 5.73 Å². The number of nitrogens with zero attached hydrogens (tertiary/aromatic N) is 4. The summed E-state index contributed by atoms with van der Waals surface area (Å²) in [5.41, 5.74) is 11.8. The number of hydrogen-bond donors (Lipinski definition) is 2. The number of phenols is 1. The molecule has 3 heterocycles. The number of phenolic OH excluding ortho intramolecular Hbond substituents is 1. The maximum absolute atomic E-state index is 9.83. The zero-order chi connectivity index (χ0) is 17.8. The van der Waals surface area contributed by atoms with Crippen LogP contribution in [0.2, 0.25) is 0 Å². The lowest BCUT2D eigenvalue weighted by Gasteiger charge is -2.07. The fourth-order valence-electron chi connectivity index (χ4n) is 3.25.